The lowest BCUT2D eigenvalue weighted by atomic mass is 10.1. The van der Waals surface area contributed by atoms with Gasteiger partial charge in [-0.25, -0.2) is 0 Å². The van der Waals surface area contributed by atoms with E-state index in [1.54, 1.807) is 10.7 Å². The van der Waals surface area contributed by atoms with E-state index < -0.39 is 0 Å². The minimum Gasteiger partial charge on any atom is -0.323 e. The second-order valence-corrected chi connectivity index (χ2v) is 5.58. The molecule has 0 fully saturated rings. The molecule has 0 aliphatic rings. The number of aromatic nitrogens is 3. The van der Waals surface area contributed by atoms with Crippen LogP contribution in [-0.4, -0.2) is 20.5 Å². The van der Waals surface area contributed by atoms with Crippen LogP contribution in [0.1, 0.15) is 12.0 Å². The van der Waals surface area contributed by atoms with Gasteiger partial charge in [0, 0.05) is 17.1 Å². The quantitative estimate of drug-likeness (QED) is 0.791. The number of carbonyl (C=O) groups excluding carboxylic acids is 1. The molecule has 0 atom stereocenters. The molecule has 2 heterocycles. The number of rotatable bonds is 4. The van der Waals surface area contributed by atoms with Gasteiger partial charge in [-0.1, -0.05) is 30.3 Å². The highest BCUT2D eigenvalue weighted by atomic mass is 79.9. The Morgan fingerprint density at radius 3 is 2.90 bits per heavy atom. The van der Waals surface area contributed by atoms with Crippen LogP contribution in [-0.2, 0) is 11.2 Å². The molecule has 3 rings (SSSR count). The number of nitrogens with zero attached hydrogens (tertiary/aromatic N) is 3. The van der Waals surface area contributed by atoms with Crippen molar-refractivity contribution in [2.75, 3.05) is 5.32 Å². The summed E-state index contributed by atoms with van der Waals surface area (Å²) in [5, 5.41) is 10.7. The summed E-state index contributed by atoms with van der Waals surface area (Å²) in [7, 11) is 0. The third-order valence-electron chi connectivity index (χ3n) is 3.12. The molecular weight excluding hydrogens is 332 g/mol. The van der Waals surface area contributed by atoms with Crippen LogP contribution in [0, 0.1) is 0 Å². The molecule has 2 aromatic heterocycles. The first-order valence-electron chi connectivity index (χ1n) is 6.55. The van der Waals surface area contributed by atoms with Crippen LogP contribution in [0.15, 0.2) is 53.4 Å². The highest BCUT2D eigenvalue weighted by molar-refractivity contribution is 9.10. The number of hydrogen-bond acceptors (Lipinski definition) is 3. The molecule has 106 valence electrons. The van der Waals surface area contributed by atoms with Crippen molar-refractivity contribution in [3.63, 3.8) is 0 Å². The minimum atomic E-state index is -0.0400. The molecule has 0 saturated carbocycles. The van der Waals surface area contributed by atoms with Crippen molar-refractivity contribution < 1.29 is 4.79 Å². The smallest absolute Gasteiger partial charge is 0.224 e. The molecule has 21 heavy (non-hydrogen) atoms. The molecule has 0 unspecified atom stereocenters. The molecule has 0 saturated heterocycles. The lowest BCUT2D eigenvalue weighted by molar-refractivity contribution is -0.116. The van der Waals surface area contributed by atoms with Gasteiger partial charge in [0.05, 0.1) is 5.69 Å². The topological polar surface area (TPSA) is 59.3 Å². The summed E-state index contributed by atoms with van der Waals surface area (Å²) in [4.78, 5) is 12.1. The number of nitrogens with one attached hydrogen (secondary N) is 1. The zero-order valence-corrected chi connectivity index (χ0v) is 12.7. The number of carbonyl (C=O) groups is 1. The standard InChI is InChI=1S/C15H13BrN4O/c16-12-8-13(15-19-17-10-20(15)9-12)18-14(21)7-6-11-4-2-1-3-5-11/h1-5,8-10H,6-7H2,(H,18,21). The van der Waals surface area contributed by atoms with Crippen molar-refractivity contribution in [3.8, 4) is 0 Å². The zero-order valence-electron chi connectivity index (χ0n) is 11.2. The van der Waals surface area contributed by atoms with E-state index in [-0.39, 0.29) is 5.91 Å². The fourth-order valence-corrected chi connectivity index (χ4v) is 2.56. The zero-order chi connectivity index (χ0) is 14.7. The van der Waals surface area contributed by atoms with E-state index in [9.17, 15) is 4.79 Å². The highest BCUT2D eigenvalue weighted by Gasteiger charge is 2.09. The average molecular weight is 345 g/mol. The van der Waals surface area contributed by atoms with Crippen molar-refractivity contribution in [1.82, 2.24) is 14.6 Å². The second-order valence-electron chi connectivity index (χ2n) is 4.67. The first-order chi connectivity index (χ1) is 10.2. The van der Waals surface area contributed by atoms with Crippen LogP contribution >= 0.6 is 15.9 Å². The monoisotopic (exact) mass is 344 g/mol. The maximum atomic E-state index is 12.1. The summed E-state index contributed by atoms with van der Waals surface area (Å²) in [5.41, 5.74) is 2.43. The SMILES string of the molecule is O=C(CCc1ccccc1)Nc1cc(Br)cn2cnnc12. The summed E-state index contributed by atoms with van der Waals surface area (Å²) in [5.74, 6) is -0.0400. The van der Waals surface area contributed by atoms with Gasteiger partial charge in [-0.2, -0.15) is 0 Å². The fraction of sp³-hybridized carbons (Fsp3) is 0.133. The van der Waals surface area contributed by atoms with E-state index >= 15 is 0 Å². The molecule has 5 nitrogen and oxygen atoms in total. The number of hydrogen-bond donors (Lipinski definition) is 1. The molecule has 0 radical (unpaired) electrons. The lowest BCUT2D eigenvalue weighted by Gasteiger charge is -2.07. The van der Waals surface area contributed by atoms with Gasteiger partial charge in [-0.3, -0.25) is 9.20 Å². The number of aryl methyl sites for hydroxylation is 1. The third kappa shape index (κ3) is 3.28. The summed E-state index contributed by atoms with van der Waals surface area (Å²) in [6.07, 6.45) is 4.58. The van der Waals surface area contributed by atoms with Crippen molar-refractivity contribution in [3.05, 3.63) is 59.0 Å². The summed E-state index contributed by atoms with van der Waals surface area (Å²) < 4.78 is 2.62. The Hall–Kier alpha value is -2.21. The predicted octanol–water partition coefficient (Wildman–Crippen LogP) is 3.06. The van der Waals surface area contributed by atoms with Crippen LogP contribution in [0.25, 0.3) is 5.65 Å². The van der Waals surface area contributed by atoms with Crippen LogP contribution < -0.4 is 5.32 Å². The predicted molar refractivity (Wildman–Crippen MR) is 84.1 cm³/mol. The lowest BCUT2D eigenvalue weighted by Crippen LogP contribution is -2.13. The van der Waals surface area contributed by atoms with Crippen LogP contribution in [0.3, 0.4) is 0 Å². The Labute approximate surface area is 130 Å². The molecular formula is C15H13BrN4O. The van der Waals surface area contributed by atoms with Crippen molar-refractivity contribution in [2.24, 2.45) is 0 Å². The second kappa shape index (κ2) is 6.05. The molecule has 0 aliphatic heterocycles. The number of benzene rings is 1. The van der Waals surface area contributed by atoms with E-state index in [1.807, 2.05) is 42.6 Å². The Balaban J connectivity index is 1.70. The molecule has 6 heteroatoms. The maximum Gasteiger partial charge on any atom is 0.224 e. The van der Waals surface area contributed by atoms with Crippen molar-refractivity contribution in [1.29, 1.82) is 0 Å². The molecule has 3 aromatic rings. The first-order valence-corrected chi connectivity index (χ1v) is 7.34. The van der Waals surface area contributed by atoms with Gasteiger partial charge in [0.2, 0.25) is 5.91 Å². The van der Waals surface area contributed by atoms with Gasteiger partial charge in [0.25, 0.3) is 0 Å². The first kappa shape index (κ1) is 13.8. The van der Waals surface area contributed by atoms with Crippen LogP contribution in [0.2, 0.25) is 0 Å². The molecule has 1 aromatic carbocycles. The maximum absolute atomic E-state index is 12.1. The Morgan fingerprint density at radius 1 is 1.29 bits per heavy atom. The summed E-state index contributed by atoms with van der Waals surface area (Å²) >= 11 is 3.41. The number of anilines is 1. The Bertz CT molecular complexity index is 770. The van der Waals surface area contributed by atoms with E-state index in [2.05, 4.69) is 31.4 Å². The molecule has 1 amide bonds. The van der Waals surface area contributed by atoms with E-state index in [0.717, 1.165) is 10.0 Å². The number of fused-ring (bicyclic) bond motifs is 1. The van der Waals surface area contributed by atoms with Gasteiger partial charge >= 0.3 is 0 Å². The van der Waals surface area contributed by atoms with E-state index in [4.69, 9.17) is 0 Å². The minimum absolute atomic E-state index is 0.0400. The number of halogens is 1. The Morgan fingerprint density at radius 2 is 2.10 bits per heavy atom. The van der Waals surface area contributed by atoms with Crippen LogP contribution in [0.5, 0.6) is 0 Å². The van der Waals surface area contributed by atoms with Gasteiger partial charge in [-0.05, 0) is 34.0 Å². The summed E-state index contributed by atoms with van der Waals surface area (Å²) in [6.45, 7) is 0. The number of pyridine rings is 1. The highest BCUT2D eigenvalue weighted by Crippen LogP contribution is 2.21. The normalized spacial score (nSPS) is 10.7. The largest absolute Gasteiger partial charge is 0.323 e. The van der Waals surface area contributed by atoms with Crippen LogP contribution in [0.4, 0.5) is 5.69 Å². The molecule has 0 bridgehead atoms. The molecule has 0 aliphatic carbocycles. The van der Waals surface area contributed by atoms with Crippen molar-refractivity contribution in [2.45, 2.75) is 12.8 Å². The molecule has 0 spiro atoms. The molecule has 1 N–H and O–H groups in total. The van der Waals surface area contributed by atoms with Gasteiger partial charge < -0.3 is 5.32 Å². The Kier molecular flexibility index (Phi) is 3.96. The summed E-state index contributed by atoms with van der Waals surface area (Å²) in [6, 6.07) is 11.8. The van der Waals surface area contributed by atoms with E-state index in [0.29, 0.717) is 24.2 Å². The third-order valence-corrected chi connectivity index (χ3v) is 3.55. The van der Waals surface area contributed by atoms with Crippen molar-refractivity contribution >= 4 is 33.2 Å². The van der Waals surface area contributed by atoms with Gasteiger partial charge in [-0.15, -0.1) is 10.2 Å². The number of amides is 1. The average Bonchev–Trinajstić information content (AvgIpc) is 2.94. The van der Waals surface area contributed by atoms with Gasteiger partial charge in [0.1, 0.15) is 6.33 Å². The fourth-order valence-electron chi connectivity index (χ4n) is 2.11. The van der Waals surface area contributed by atoms with Gasteiger partial charge in [0.15, 0.2) is 5.65 Å². The van der Waals surface area contributed by atoms with E-state index in [1.165, 1.54) is 0 Å².